The van der Waals surface area contributed by atoms with E-state index in [4.69, 9.17) is 5.26 Å². The lowest BCUT2D eigenvalue weighted by molar-refractivity contribution is 0.776. The molecule has 66 valence electrons. The molecule has 0 spiro atoms. The van der Waals surface area contributed by atoms with Crippen LogP contribution in [0.2, 0.25) is 0 Å². The van der Waals surface area contributed by atoms with Crippen LogP contribution in [0.5, 0.6) is 0 Å². The molecule has 2 aliphatic rings. The minimum atomic E-state index is 0.338. The zero-order valence-electron chi connectivity index (χ0n) is 7.61. The van der Waals surface area contributed by atoms with Gasteiger partial charge < -0.3 is 0 Å². The van der Waals surface area contributed by atoms with Crippen LogP contribution in [-0.4, -0.2) is 0 Å². The van der Waals surface area contributed by atoms with Gasteiger partial charge in [-0.25, -0.2) is 0 Å². The Kier molecular flexibility index (Phi) is 2.06. The fourth-order valence-electron chi connectivity index (χ4n) is 1.89. The summed E-state index contributed by atoms with van der Waals surface area (Å²) < 4.78 is 0. The molecule has 2 rings (SSSR count). The molecule has 0 aromatic rings. The summed E-state index contributed by atoms with van der Waals surface area (Å²) in [5.41, 5.74) is 0.338. The second-order valence-electron chi connectivity index (χ2n) is 3.77. The van der Waals surface area contributed by atoms with Crippen molar-refractivity contribution in [1.29, 1.82) is 5.26 Å². The summed E-state index contributed by atoms with van der Waals surface area (Å²) in [5, 5.41) is 8.37. The van der Waals surface area contributed by atoms with Gasteiger partial charge in [-0.05, 0) is 18.8 Å². The van der Waals surface area contributed by atoms with Gasteiger partial charge in [-0.15, -0.1) is 0 Å². The summed E-state index contributed by atoms with van der Waals surface area (Å²) in [6, 6.07) is 2.15. The van der Waals surface area contributed by atoms with Crippen molar-refractivity contribution in [2.45, 2.75) is 19.3 Å². The van der Waals surface area contributed by atoms with Crippen molar-refractivity contribution in [3.63, 3.8) is 0 Å². The van der Waals surface area contributed by atoms with E-state index in [-0.39, 0.29) is 0 Å². The van der Waals surface area contributed by atoms with E-state index in [0.717, 1.165) is 12.3 Å². The number of nitriles is 1. The molecule has 2 atom stereocenters. The number of allylic oxidation sites excluding steroid dienone is 6. The molecule has 1 saturated carbocycles. The predicted molar refractivity (Wildman–Crippen MR) is 52.8 cm³/mol. The smallest absolute Gasteiger partial charge is 0.0624 e. The minimum absolute atomic E-state index is 0.338. The SMILES string of the molecule is N#CCC/C=C\C12C=CC=CC1C2. The first-order chi connectivity index (χ1) is 6.37. The van der Waals surface area contributed by atoms with Crippen molar-refractivity contribution >= 4 is 0 Å². The van der Waals surface area contributed by atoms with Crippen LogP contribution in [0.25, 0.3) is 0 Å². The van der Waals surface area contributed by atoms with Crippen LogP contribution in [0, 0.1) is 22.7 Å². The van der Waals surface area contributed by atoms with Gasteiger partial charge in [-0.1, -0.05) is 36.5 Å². The van der Waals surface area contributed by atoms with Crippen LogP contribution in [0.1, 0.15) is 19.3 Å². The normalized spacial score (nSPS) is 34.5. The third-order valence-corrected chi connectivity index (χ3v) is 2.82. The Hall–Kier alpha value is -1.29. The number of rotatable bonds is 3. The first kappa shape index (κ1) is 8.31. The van der Waals surface area contributed by atoms with Crippen LogP contribution in [0.3, 0.4) is 0 Å². The van der Waals surface area contributed by atoms with Gasteiger partial charge in [-0.3, -0.25) is 0 Å². The molecule has 0 aromatic carbocycles. The summed E-state index contributed by atoms with van der Waals surface area (Å²) in [7, 11) is 0. The minimum Gasteiger partial charge on any atom is -0.198 e. The third kappa shape index (κ3) is 1.58. The second kappa shape index (κ2) is 3.22. The van der Waals surface area contributed by atoms with Gasteiger partial charge in [0.25, 0.3) is 0 Å². The highest BCUT2D eigenvalue weighted by Gasteiger charge is 2.48. The number of hydrogen-bond acceptors (Lipinski definition) is 1. The number of hydrogen-bond donors (Lipinski definition) is 0. The second-order valence-corrected chi connectivity index (χ2v) is 3.77. The molecule has 2 aliphatic carbocycles. The zero-order chi connectivity index (χ0) is 9.15. The molecule has 1 heteroatoms. The third-order valence-electron chi connectivity index (χ3n) is 2.82. The van der Waals surface area contributed by atoms with Gasteiger partial charge in [0.2, 0.25) is 0 Å². The molecule has 0 N–H and O–H groups in total. The molecule has 0 aliphatic heterocycles. The summed E-state index contributed by atoms with van der Waals surface area (Å²) in [4.78, 5) is 0. The number of unbranched alkanes of at least 4 members (excludes halogenated alkanes) is 1. The Morgan fingerprint density at radius 1 is 1.54 bits per heavy atom. The van der Waals surface area contributed by atoms with Crippen molar-refractivity contribution in [3.8, 4) is 6.07 Å². The Balaban J connectivity index is 1.90. The van der Waals surface area contributed by atoms with Gasteiger partial charge in [0.1, 0.15) is 0 Å². The van der Waals surface area contributed by atoms with E-state index in [0.29, 0.717) is 11.8 Å². The van der Waals surface area contributed by atoms with E-state index in [1.54, 1.807) is 0 Å². The average Bonchev–Trinajstić information content (AvgIpc) is 2.87. The Labute approximate surface area is 79.1 Å². The highest BCUT2D eigenvalue weighted by molar-refractivity contribution is 5.34. The Morgan fingerprint density at radius 3 is 3.23 bits per heavy atom. The van der Waals surface area contributed by atoms with Gasteiger partial charge in [-0.2, -0.15) is 5.26 Å². The molecule has 1 fully saturated rings. The highest BCUT2D eigenvalue weighted by atomic mass is 14.5. The molecule has 0 aromatic heterocycles. The lowest BCUT2D eigenvalue weighted by atomic mass is 9.98. The van der Waals surface area contributed by atoms with Crippen LogP contribution in [0.4, 0.5) is 0 Å². The molecule has 0 heterocycles. The first-order valence-electron chi connectivity index (χ1n) is 4.78. The van der Waals surface area contributed by atoms with Crippen molar-refractivity contribution in [3.05, 3.63) is 36.5 Å². The maximum absolute atomic E-state index is 8.37. The average molecular weight is 171 g/mol. The fraction of sp³-hybridized carbons (Fsp3) is 0.417. The van der Waals surface area contributed by atoms with Gasteiger partial charge >= 0.3 is 0 Å². The van der Waals surface area contributed by atoms with E-state index in [9.17, 15) is 0 Å². The molecule has 2 unspecified atom stereocenters. The largest absolute Gasteiger partial charge is 0.198 e. The monoisotopic (exact) mass is 171 g/mol. The predicted octanol–water partition coefficient (Wildman–Crippen LogP) is 2.98. The van der Waals surface area contributed by atoms with Crippen molar-refractivity contribution in [2.75, 3.05) is 0 Å². The zero-order valence-corrected chi connectivity index (χ0v) is 7.61. The van der Waals surface area contributed by atoms with Crippen LogP contribution >= 0.6 is 0 Å². The lowest BCUT2D eigenvalue weighted by Crippen LogP contribution is -1.95. The number of fused-ring (bicyclic) bond motifs is 1. The molecule has 13 heavy (non-hydrogen) atoms. The maximum Gasteiger partial charge on any atom is 0.0624 e. The van der Waals surface area contributed by atoms with Crippen LogP contribution < -0.4 is 0 Å². The summed E-state index contributed by atoms with van der Waals surface area (Å²) in [6.07, 6.45) is 16.0. The van der Waals surface area contributed by atoms with E-state index in [1.165, 1.54) is 6.42 Å². The molecule has 0 saturated heterocycles. The maximum atomic E-state index is 8.37. The molecule has 1 nitrogen and oxygen atoms in total. The summed E-state index contributed by atoms with van der Waals surface area (Å²) in [6.45, 7) is 0. The lowest BCUT2D eigenvalue weighted by Gasteiger charge is -2.06. The van der Waals surface area contributed by atoms with Crippen molar-refractivity contribution < 1.29 is 0 Å². The molecule has 0 bridgehead atoms. The standard InChI is InChI=1S/C12H13N/c13-9-5-1-3-7-12-8-4-2-6-11(12)10-12/h2-4,6-8,11H,1,5,10H2/b7-3-. The fourth-order valence-corrected chi connectivity index (χ4v) is 1.89. The highest BCUT2D eigenvalue weighted by Crippen LogP contribution is 2.57. The first-order valence-corrected chi connectivity index (χ1v) is 4.78. The molecular formula is C12H13N. The summed E-state index contributed by atoms with van der Waals surface area (Å²) in [5.74, 6) is 0.732. The Bertz CT molecular complexity index is 317. The van der Waals surface area contributed by atoms with E-state index < -0.39 is 0 Å². The summed E-state index contributed by atoms with van der Waals surface area (Å²) >= 11 is 0. The van der Waals surface area contributed by atoms with E-state index in [2.05, 4.69) is 42.5 Å². The van der Waals surface area contributed by atoms with E-state index in [1.807, 2.05) is 0 Å². The van der Waals surface area contributed by atoms with Crippen LogP contribution in [-0.2, 0) is 0 Å². The quantitative estimate of drug-likeness (QED) is 0.473. The topological polar surface area (TPSA) is 23.8 Å². The molecule has 0 radical (unpaired) electrons. The molecular weight excluding hydrogens is 158 g/mol. The number of nitrogens with zero attached hydrogens (tertiary/aromatic N) is 1. The van der Waals surface area contributed by atoms with Crippen molar-refractivity contribution in [2.24, 2.45) is 11.3 Å². The van der Waals surface area contributed by atoms with Gasteiger partial charge in [0, 0.05) is 11.8 Å². The van der Waals surface area contributed by atoms with Gasteiger partial charge in [0.15, 0.2) is 0 Å². The molecule has 0 amide bonds. The van der Waals surface area contributed by atoms with Crippen LogP contribution in [0.15, 0.2) is 36.5 Å². The van der Waals surface area contributed by atoms with Crippen molar-refractivity contribution in [1.82, 2.24) is 0 Å². The van der Waals surface area contributed by atoms with Gasteiger partial charge in [0.05, 0.1) is 6.07 Å². The Morgan fingerprint density at radius 2 is 2.46 bits per heavy atom. The van der Waals surface area contributed by atoms with E-state index >= 15 is 0 Å².